The average Bonchev–Trinajstić information content (AvgIpc) is 2.74. The third kappa shape index (κ3) is 3.44. The number of halogens is 2. The summed E-state index contributed by atoms with van der Waals surface area (Å²) in [7, 11) is -1.83. The largest absolute Gasteiger partial charge is 0.338 e. The van der Waals surface area contributed by atoms with Crippen molar-refractivity contribution >= 4 is 26.0 Å². The predicted octanol–water partition coefficient (Wildman–Crippen LogP) is 1.84. The molecule has 8 heteroatoms. The molecule has 0 aliphatic heterocycles. The van der Waals surface area contributed by atoms with Crippen LogP contribution in [0.5, 0.6) is 0 Å². The maximum atomic E-state index is 13.0. The van der Waals surface area contributed by atoms with E-state index in [4.69, 9.17) is 0 Å². The Morgan fingerprint density at radius 2 is 2.20 bits per heavy atom. The molecule has 1 N–H and O–H groups in total. The molecule has 1 aromatic carbocycles. The second-order valence-electron chi connectivity index (χ2n) is 4.18. The van der Waals surface area contributed by atoms with Crippen LogP contribution < -0.4 is 4.72 Å². The molecule has 5 nitrogen and oxygen atoms in total. The van der Waals surface area contributed by atoms with E-state index in [0.29, 0.717) is 6.42 Å². The summed E-state index contributed by atoms with van der Waals surface area (Å²) in [5.74, 6) is 0.287. The van der Waals surface area contributed by atoms with E-state index in [1.54, 1.807) is 12.4 Å². The number of nitrogens with one attached hydrogen (secondary N) is 1. The molecule has 0 amide bonds. The fraction of sp³-hybridized carbons (Fsp3) is 0.250. The first-order chi connectivity index (χ1) is 9.40. The first kappa shape index (κ1) is 15.1. The summed E-state index contributed by atoms with van der Waals surface area (Å²) in [6.45, 7) is 0.219. The second-order valence-corrected chi connectivity index (χ2v) is 6.77. The highest BCUT2D eigenvalue weighted by atomic mass is 79.9. The number of imidazole rings is 1. The second kappa shape index (κ2) is 6.02. The number of aromatic nitrogens is 2. The van der Waals surface area contributed by atoms with Crippen LogP contribution in [0.25, 0.3) is 0 Å². The molecule has 0 atom stereocenters. The summed E-state index contributed by atoms with van der Waals surface area (Å²) < 4.78 is 41.6. The van der Waals surface area contributed by atoms with Crippen molar-refractivity contribution in [1.29, 1.82) is 0 Å². The minimum atomic E-state index is -3.67. The third-order valence-corrected chi connectivity index (χ3v) is 5.18. The Labute approximate surface area is 125 Å². The van der Waals surface area contributed by atoms with Gasteiger partial charge in [-0.1, -0.05) is 0 Å². The Kier molecular flexibility index (Phi) is 4.56. The summed E-state index contributed by atoms with van der Waals surface area (Å²) in [5, 5.41) is 0. The molecule has 0 saturated heterocycles. The molecule has 0 saturated carbocycles. The normalized spacial score (nSPS) is 11.8. The Bertz CT molecular complexity index is 715. The Hall–Kier alpha value is -1.25. The quantitative estimate of drug-likeness (QED) is 0.883. The van der Waals surface area contributed by atoms with Gasteiger partial charge < -0.3 is 4.57 Å². The molecule has 1 aromatic heterocycles. The van der Waals surface area contributed by atoms with Crippen LogP contribution in [-0.2, 0) is 23.5 Å². The molecule has 0 fully saturated rings. The van der Waals surface area contributed by atoms with Crippen LogP contribution in [0.4, 0.5) is 4.39 Å². The van der Waals surface area contributed by atoms with Gasteiger partial charge in [0.2, 0.25) is 10.0 Å². The number of benzene rings is 1. The highest BCUT2D eigenvalue weighted by Gasteiger charge is 2.17. The van der Waals surface area contributed by atoms with Crippen LogP contribution >= 0.6 is 15.9 Å². The molecular weight excluding hydrogens is 349 g/mol. The number of rotatable bonds is 5. The monoisotopic (exact) mass is 361 g/mol. The zero-order valence-corrected chi connectivity index (χ0v) is 13.1. The zero-order valence-electron chi connectivity index (χ0n) is 10.7. The van der Waals surface area contributed by atoms with Crippen molar-refractivity contribution in [3.8, 4) is 0 Å². The van der Waals surface area contributed by atoms with Gasteiger partial charge in [0, 0.05) is 36.9 Å². The minimum absolute atomic E-state index is 0.0127. The first-order valence-electron chi connectivity index (χ1n) is 5.81. The zero-order chi connectivity index (χ0) is 14.8. The summed E-state index contributed by atoms with van der Waals surface area (Å²) in [6, 6.07) is 3.45. The van der Waals surface area contributed by atoms with Gasteiger partial charge >= 0.3 is 0 Å². The van der Waals surface area contributed by atoms with Crippen molar-refractivity contribution in [2.45, 2.75) is 11.3 Å². The van der Waals surface area contributed by atoms with Crippen molar-refractivity contribution in [3.63, 3.8) is 0 Å². The van der Waals surface area contributed by atoms with E-state index in [1.807, 2.05) is 11.6 Å². The van der Waals surface area contributed by atoms with E-state index < -0.39 is 15.8 Å². The topological polar surface area (TPSA) is 64.0 Å². The molecule has 20 heavy (non-hydrogen) atoms. The Balaban J connectivity index is 2.06. The number of hydrogen-bond donors (Lipinski definition) is 1. The number of nitrogens with zero attached hydrogens (tertiary/aromatic N) is 2. The molecule has 0 aliphatic carbocycles. The number of aryl methyl sites for hydroxylation is 1. The lowest BCUT2D eigenvalue weighted by Crippen LogP contribution is -2.27. The summed E-state index contributed by atoms with van der Waals surface area (Å²) in [4.78, 5) is 4.12. The highest BCUT2D eigenvalue weighted by molar-refractivity contribution is 9.10. The van der Waals surface area contributed by atoms with Crippen molar-refractivity contribution in [3.05, 3.63) is 46.7 Å². The van der Waals surface area contributed by atoms with Crippen LogP contribution in [-0.4, -0.2) is 24.5 Å². The van der Waals surface area contributed by atoms with Gasteiger partial charge in [0.25, 0.3) is 0 Å². The summed E-state index contributed by atoms with van der Waals surface area (Å²) in [5.41, 5.74) is 0. The van der Waals surface area contributed by atoms with E-state index in [-0.39, 0.29) is 15.9 Å². The van der Waals surface area contributed by atoms with Gasteiger partial charge in [0.15, 0.2) is 0 Å². The van der Waals surface area contributed by atoms with Gasteiger partial charge in [-0.25, -0.2) is 22.5 Å². The highest BCUT2D eigenvalue weighted by Crippen LogP contribution is 2.22. The van der Waals surface area contributed by atoms with Crippen molar-refractivity contribution < 1.29 is 12.8 Å². The molecule has 0 radical (unpaired) electrons. The maximum absolute atomic E-state index is 13.0. The SMILES string of the molecule is Cn1ccnc1CCNS(=O)(=O)c1ccc(F)cc1Br. The third-order valence-electron chi connectivity index (χ3n) is 2.75. The molecule has 108 valence electrons. The number of hydrogen-bond acceptors (Lipinski definition) is 3. The van der Waals surface area contributed by atoms with Gasteiger partial charge in [0.05, 0.1) is 4.90 Å². The molecule has 0 spiro atoms. The van der Waals surface area contributed by atoms with E-state index >= 15 is 0 Å². The van der Waals surface area contributed by atoms with E-state index in [1.165, 1.54) is 6.07 Å². The van der Waals surface area contributed by atoms with E-state index in [0.717, 1.165) is 18.0 Å². The lowest BCUT2D eigenvalue weighted by atomic mass is 10.3. The average molecular weight is 362 g/mol. The van der Waals surface area contributed by atoms with Crippen LogP contribution in [0.2, 0.25) is 0 Å². The van der Waals surface area contributed by atoms with Crippen LogP contribution in [0.3, 0.4) is 0 Å². The van der Waals surface area contributed by atoms with Gasteiger partial charge in [-0.3, -0.25) is 0 Å². The smallest absolute Gasteiger partial charge is 0.241 e. The van der Waals surface area contributed by atoms with Crippen LogP contribution in [0, 0.1) is 5.82 Å². The van der Waals surface area contributed by atoms with Gasteiger partial charge in [-0.2, -0.15) is 0 Å². The first-order valence-corrected chi connectivity index (χ1v) is 8.09. The molecule has 0 aliphatic rings. The fourth-order valence-corrected chi connectivity index (χ4v) is 3.78. The standard InChI is InChI=1S/C12H13BrFN3O2S/c1-17-7-6-15-12(17)4-5-16-20(18,19)11-3-2-9(14)8-10(11)13/h2-3,6-8,16H,4-5H2,1H3. The van der Waals surface area contributed by atoms with Gasteiger partial charge in [-0.05, 0) is 34.1 Å². The lowest BCUT2D eigenvalue weighted by Gasteiger charge is -2.08. The molecule has 0 bridgehead atoms. The van der Waals surface area contributed by atoms with Crippen molar-refractivity contribution in [1.82, 2.24) is 14.3 Å². The van der Waals surface area contributed by atoms with Gasteiger partial charge in [-0.15, -0.1) is 0 Å². The van der Waals surface area contributed by atoms with Crippen LogP contribution in [0.15, 0.2) is 40.0 Å². The van der Waals surface area contributed by atoms with E-state index in [2.05, 4.69) is 25.6 Å². The Morgan fingerprint density at radius 3 is 2.80 bits per heavy atom. The minimum Gasteiger partial charge on any atom is -0.338 e. The molecule has 2 aromatic rings. The predicted molar refractivity (Wildman–Crippen MR) is 76.2 cm³/mol. The molecule has 1 heterocycles. The fourth-order valence-electron chi connectivity index (χ4n) is 1.71. The molecular formula is C12H13BrFN3O2S. The lowest BCUT2D eigenvalue weighted by molar-refractivity contribution is 0.578. The Morgan fingerprint density at radius 1 is 1.45 bits per heavy atom. The molecule has 0 unspecified atom stereocenters. The van der Waals surface area contributed by atoms with Crippen molar-refractivity contribution in [2.75, 3.05) is 6.54 Å². The summed E-state index contributed by atoms with van der Waals surface area (Å²) >= 11 is 3.05. The maximum Gasteiger partial charge on any atom is 0.241 e. The van der Waals surface area contributed by atoms with Gasteiger partial charge in [0.1, 0.15) is 11.6 Å². The number of sulfonamides is 1. The molecule has 2 rings (SSSR count). The summed E-state index contributed by atoms with van der Waals surface area (Å²) in [6.07, 6.45) is 3.92. The van der Waals surface area contributed by atoms with Crippen LogP contribution in [0.1, 0.15) is 5.82 Å². The van der Waals surface area contributed by atoms with E-state index in [9.17, 15) is 12.8 Å². The van der Waals surface area contributed by atoms with Crippen molar-refractivity contribution in [2.24, 2.45) is 7.05 Å².